The minimum Gasteiger partial charge on any atom is -0.380 e. The number of aliphatic hydroxyl groups is 1. The summed E-state index contributed by atoms with van der Waals surface area (Å²) in [6, 6.07) is 11.2. The van der Waals surface area contributed by atoms with Crippen LogP contribution in [0.15, 0.2) is 48.5 Å². The SMILES string of the molecule is NC(=O)N1CCc2nc(-c3ccc(C(F)(F)F)cc3)sc2C1c1ccc(C2(O)COC2)cc1. The number of benzene rings is 2. The summed E-state index contributed by atoms with van der Waals surface area (Å²) in [5.41, 5.74) is 6.86. The number of hydrogen-bond donors (Lipinski definition) is 2. The lowest BCUT2D eigenvalue weighted by Gasteiger charge is -2.37. The maximum Gasteiger partial charge on any atom is 0.416 e. The van der Waals surface area contributed by atoms with Crippen LogP contribution in [0, 0.1) is 0 Å². The predicted molar refractivity (Wildman–Crippen MR) is 116 cm³/mol. The Morgan fingerprint density at radius 2 is 1.82 bits per heavy atom. The molecule has 3 aromatic rings. The predicted octanol–water partition coefficient (Wildman–Crippen LogP) is 4.07. The van der Waals surface area contributed by atoms with E-state index in [4.69, 9.17) is 10.5 Å². The number of primary amides is 1. The number of amides is 2. The highest BCUT2D eigenvalue weighted by Gasteiger charge is 2.39. The molecule has 33 heavy (non-hydrogen) atoms. The van der Waals surface area contributed by atoms with Crippen LogP contribution in [0.3, 0.4) is 0 Å². The molecule has 1 saturated heterocycles. The summed E-state index contributed by atoms with van der Waals surface area (Å²) < 4.78 is 43.8. The Balaban J connectivity index is 1.51. The van der Waals surface area contributed by atoms with Crippen molar-refractivity contribution in [3.05, 3.63) is 75.8 Å². The first-order chi connectivity index (χ1) is 15.7. The second kappa shape index (κ2) is 7.82. The van der Waals surface area contributed by atoms with Crippen LogP contribution in [0.1, 0.15) is 33.3 Å². The fourth-order valence-corrected chi connectivity index (χ4v) is 5.44. The van der Waals surface area contributed by atoms with Gasteiger partial charge < -0.3 is 20.5 Å². The average molecular weight is 475 g/mol. The number of urea groups is 1. The van der Waals surface area contributed by atoms with Crippen molar-refractivity contribution in [1.29, 1.82) is 0 Å². The van der Waals surface area contributed by atoms with Gasteiger partial charge in [-0.25, -0.2) is 9.78 Å². The largest absolute Gasteiger partial charge is 0.416 e. The van der Waals surface area contributed by atoms with Crippen LogP contribution in [0.25, 0.3) is 10.6 Å². The summed E-state index contributed by atoms with van der Waals surface area (Å²) in [5, 5.41) is 11.1. The molecular formula is C23H20F3N3O3S. The molecule has 2 aliphatic rings. The number of fused-ring (bicyclic) bond motifs is 1. The van der Waals surface area contributed by atoms with Crippen molar-refractivity contribution in [3.63, 3.8) is 0 Å². The van der Waals surface area contributed by atoms with E-state index in [1.807, 2.05) is 24.3 Å². The lowest BCUT2D eigenvalue weighted by Crippen LogP contribution is -2.46. The Bertz CT molecular complexity index is 1190. The van der Waals surface area contributed by atoms with E-state index in [0.29, 0.717) is 23.5 Å². The number of ether oxygens (including phenoxy) is 1. The molecule has 10 heteroatoms. The van der Waals surface area contributed by atoms with E-state index < -0.39 is 29.4 Å². The number of alkyl halides is 3. The molecular weight excluding hydrogens is 455 g/mol. The summed E-state index contributed by atoms with van der Waals surface area (Å²) in [7, 11) is 0. The second-order valence-corrected chi connectivity index (χ2v) is 9.27. The summed E-state index contributed by atoms with van der Waals surface area (Å²) >= 11 is 1.34. The smallest absolute Gasteiger partial charge is 0.380 e. The molecule has 2 aliphatic heterocycles. The van der Waals surface area contributed by atoms with Gasteiger partial charge in [-0.1, -0.05) is 36.4 Å². The van der Waals surface area contributed by atoms with E-state index >= 15 is 0 Å². The normalized spacial score (nSPS) is 19.6. The summed E-state index contributed by atoms with van der Waals surface area (Å²) in [5.74, 6) is 0. The van der Waals surface area contributed by atoms with E-state index in [1.165, 1.54) is 23.5 Å². The van der Waals surface area contributed by atoms with Crippen molar-refractivity contribution in [2.24, 2.45) is 5.73 Å². The third-order valence-electron chi connectivity index (χ3n) is 6.06. The molecule has 3 N–H and O–H groups in total. The van der Waals surface area contributed by atoms with Crippen LogP contribution in [-0.4, -0.2) is 40.8 Å². The zero-order chi connectivity index (χ0) is 23.4. The zero-order valence-electron chi connectivity index (χ0n) is 17.3. The van der Waals surface area contributed by atoms with Gasteiger partial charge in [-0.3, -0.25) is 0 Å². The first-order valence-corrected chi connectivity index (χ1v) is 11.1. The molecule has 0 spiro atoms. The standard InChI is InChI=1S/C23H20F3N3O3S/c24-23(25,26)16-7-3-14(4-8-16)20-28-17-9-10-29(21(27)30)18(19(17)33-20)13-1-5-15(6-2-13)22(31)11-32-12-22/h1-8,18,31H,9-12H2,(H2,27,30). The van der Waals surface area contributed by atoms with Crippen molar-refractivity contribution in [1.82, 2.24) is 9.88 Å². The molecule has 2 aromatic carbocycles. The maximum atomic E-state index is 12.9. The Labute approximate surface area is 191 Å². The minimum absolute atomic E-state index is 0.235. The number of carbonyl (C=O) groups excluding carboxylic acids is 1. The van der Waals surface area contributed by atoms with E-state index in [2.05, 4.69) is 4.98 Å². The van der Waals surface area contributed by atoms with Crippen molar-refractivity contribution in [2.75, 3.05) is 19.8 Å². The molecule has 0 radical (unpaired) electrons. The molecule has 1 atom stereocenters. The highest BCUT2D eigenvalue weighted by molar-refractivity contribution is 7.15. The molecule has 0 bridgehead atoms. The van der Waals surface area contributed by atoms with Gasteiger partial charge in [0.05, 0.1) is 35.4 Å². The molecule has 0 saturated carbocycles. The number of nitrogens with two attached hydrogens (primary N) is 1. The third-order valence-corrected chi connectivity index (χ3v) is 7.26. The Morgan fingerprint density at radius 3 is 2.36 bits per heavy atom. The van der Waals surface area contributed by atoms with Gasteiger partial charge in [0.15, 0.2) is 0 Å². The van der Waals surface area contributed by atoms with Crippen LogP contribution in [-0.2, 0) is 22.9 Å². The number of halogens is 3. The van der Waals surface area contributed by atoms with Crippen LogP contribution >= 0.6 is 11.3 Å². The summed E-state index contributed by atoms with van der Waals surface area (Å²) in [6.45, 7) is 0.847. The van der Waals surface area contributed by atoms with Crippen LogP contribution in [0.2, 0.25) is 0 Å². The third kappa shape index (κ3) is 3.88. The first kappa shape index (κ1) is 21.9. The van der Waals surface area contributed by atoms with Crippen molar-refractivity contribution in [2.45, 2.75) is 24.2 Å². The van der Waals surface area contributed by atoms with Crippen molar-refractivity contribution in [3.8, 4) is 10.6 Å². The molecule has 0 aliphatic carbocycles. The molecule has 5 rings (SSSR count). The Kier molecular flexibility index (Phi) is 5.19. The molecule has 172 valence electrons. The lowest BCUT2D eigenvalue weighted by atomic mass is 9.89. The van der Waals surface area contributed by atoms with E-state index in [-0.39, 0.29) is 13.2 Å². The monoisotopic (exact) mass is 475 g/mol. The van der Waals surface area contributed by atoms with Gasteiger partial charge in [-0.15, -0.1) is 11.3 Å². The van der Waals surface area contributed by atoms with Gasteiger partial charge in [-0.05, 0) is 23.3 Å². The number of nitrogens with zero attached hydrogens (tertiary/aromatic N) is 2. The van der Waals surface area contributed by atoms with Crippen LogP contribution in [0.5, 0.6) is 0 Å². The number of rotatable bonds is 3. The zero-order valence-corrected chi connectivity index (χ0v) is 18.1. The van der Waals surface area contributed by atoms with Gasteiger partial charge in [0.1, 0.15) is 10.6 Å². The molecule has 3 heterocycles. The summed E-state index contributed by atoms with van der Waals surface area (Å²) in [4.78, 5) is 19.3. The van der Waals surface area contributed by atoms with Gasteiger partial charge in [0.2, 0.25) is 0 Å². The molecule has 1 fully saturated rings. The Morgan fingerprint density at radius 1 is 1.15 bits per heavy atom. The lowest BCUT2D eigenvalue weighted by molar-refractivity contribution is -0.184. The fourth-order valence-electron chi connectivity index (χ4n) is 4.19. The van der Waals surface area contributed by atoms with Gasteiger partial charge in [0.25, 0.3) is 0 Å². The Hall–Kier alpha value is -2.95. The first-order valence-electron chi connectivity index (χ1n) is 10.3. The van der Waals surface area contributed by atoms with Gasteiger partial charge in [-0.2, -0.15) is 13.2 Å². The fraction of sp³-hybridized carbons (Fsp3) is 0.304. The number of aromatic nitrogens is 1. The van der Waals surface area contributed by atoms with E-state index in [0.717, 1.165) is 33.8 Å². The number of thiazole rings is 1. The highest BCUT2D eigenvalue weighted by Crippen LogP contribution is 2.42. The second-order valence-electron chi connectivity index (χ2n) is 8.24. The molecule has 1 aromatic heterocycles. The van der Waals surface area contributed by atoms with Crippen molar-refractivity contribution >= 4 is 17.4 Å². The number of hydrogen-bond acceptors (Lipinski definition) is 5. The molecule has 1 unspecified atom stereocenters. The molecule has 6 nitrogen and oxygen atoms in total. The highest BCUT2D eigenvalue weighted by atomic mass is 32.1. The minimum atomic E-state index is -4.40. The van der Waals surface area contributed by atoms with E-state index in [9.17, 15) is 23.1 Å². The topological polar surface area (TPSA) is 88.7 Å². The van der Waals surface area contributed by atoms with E-state index in [1.54, 1.807) is 4.90 Å². The van der Waals surface area contributed by atoms with Crippen molar-refractivity contribution < 1.29 is 27.8 Å². The quantitative estimate of drug-likeness (QED) is 0.598. The molecule has 2 amide bonds. The number of carbonyl (C=O) groups is 1. The van der Waals surface area contributed by atoms with Crippen LogP contribution in [0.4, 0.5) is 18.0 Å². The average Bonchev–Trinajstić information content (AvgIpc) is 3.21. The van der Waals surface area contributed by atoms with Gasteiger partial charge >= 0.3 is 12.2 Å². The van der Waals surface area contributed by atoms with Gasteiger partial charge in [0, 0.05) is 18.5 Å². The van der Waals surface area contributed by atoms with Crippen LogP contribution < -0.4 is 5.73 Å². The maximum absolute atomic E-state index is 12.9. The summed E-state index contributed by atoms with van der Waals surface area (Å²) in [6.07, 6.45) is -3.90.